The van der Waals surface area contributed by atoms with Crippen molar-refractivity contribution in [3.8, 4) is 0 Å². The summed E-state index contributed by atoms with van der Waals surface area (Å²) < 4.78 is 2.25. The normalized spacial score (nSPS) is 17.6. The third-order valence-corrected chi connectivity index (χ3v) is 4.92. The summed E-state index contributed by atoms with van der Waals surface area (Å²) in [6.07, 6.45) is 12.0. The van der Waals surface area contributed by atoms with E-state index in [0.717, 1.165) is 25.3 Å². The second-order valence-electron chi connectivity index (χ2n) is 6.68. The molecule has 0 spiro atoms. The monoisotopic (exact) mass is 333 g/mol. The quantitative estimate of drug-likeness (QED) is 0.734. The first-order chi connectivity index (χ1) is 12.3. The first-order valence-corrected chi connectivity index (χ1v) is 8.88. The molecule has 4 heterocycles. The predicted molar refractivity (Wildman–Crippen MR) is 98.7 cm³/mol. The molecule has 0 radical (unpaired) electrons. The van der Waals surface area contributed by atoms with Gasteiger partial charge in [0.2, 0.25) is 0 Å². The SMILES string of the molecule is Cc1cnccc1N1CCCC(c2nccn2Cc2ccccn2)C1. The molecule has 0 amide bonds. The van der Waals surface area contributed by atoms with Crippen LogP contribution in [0.3, 0.4) is 0 Å². The van der Waals surface area contributed by atoms with E-state index >= 15 is 0 Å². The number of hydrogen-bond acceptors (Lipinski definition) is 4. The highest BCUT2D eigenvalue weighted by molar-refractivity contribution is 5.52. The Bertz CT molecular complexity index is 827. The molecule has 0 N–H and O–H groups in total. The van der Waals surface area contributed by atoms with E-state index in [9.17, 15) is 0 Å². The van der Waals surface area contributed by atoms with Gasteiger partial charge in [0.1, 0.15) is 5.82 Å². The van der Waals surface area contributed by atoms with Gasteiger partial charge in [0, 0.05) is 55.7 Å². The molecule has 1 saturated heterocycles. The fourth-order valence-corrected chi connectivity index (χ4v) is 3.71. The van der Waals surface area contributed by atoms with Crippen LogP contribution in [0.25, 0.3) is 0 Å². The lowest BCUT2D eigenvalue weighted by molar-refractivity contribution is 0.475. The molecule has 0 aliphatic carbocycles. The van der Waals surface area contributed by atoms with E-state index in [1.54, 1.807) is 0 Å². The van der Waals surface area contributed by atoms with E-state index in [1.165, 1.54) is 29.9 Å². The van der Waals surface area contributed by atoms with Crippen LogP contribution in [-0.4, -0.2) is 32.6 Å². The zero-order valence-corrected chi connectivity index (χ0v) is 14.5. The molecule has 3 aromatic heterocycles. The van der Waals surface area contributed by atoms with Crippen LogP contribution in [0.15, 0.2) is 55.2 Å². The summed E-state index contributed by atoms with van der Waals surface area (Å²) in [6.45, 7) is 5.02. The number of hydrogen-bond donors (Lipinski definition) is 0. The average molecular weight is 333 g/mol. The summed E-state index contributed by atoms with van der Waals surface area (Å²) in [5, 5.41) is 0. The second-order valence-corrected chi connectivity index (χ2v) is 6.68. The highest BCUT2D eigenvalue weighted by atomic mass is 15.2. The van der Waals surface area contributed by atoms with E-state index in [2.05, 4.69) is 49.7 Å². The summed E-state index contributed by atoms with van der Waals surface area (Å²) in [5.41, 5.74) is 3.60. The van der Waals surface area contributed by atoms with Gasteiger partial charge in [0.05, 0.1) is 12.2 Å². The Labute approximate surface area is 148 Å². The van der Waals surface area contributed by atoms with Crippen LogP contribution in [0.4, 0.5) is 5.69 Å². The highest BCUT2D eigenvalue weighted by Gasteiger charge is 2.25. The summed E-state index contributed by atoms with van der Waals surface area (Å²) >= 11 is 0. The highest BCUT2D eigenvalue weighted by Crippen LogP contribution is 2.30. The number of pyridine rings is 2. The van der Waals surface area contributed by atoms with E-state index in [0.29, 0.717) is 5.92 Å². The van der Waals surface area contributed by atoms with Gasteiger partial charge in [0.25, 0.3) is 0 Å². The summed E-state index contributed by atoms with van der Waals surface area (Å²) in [7, 11) is 0. The molecule has 1 fully saturated rings. The summed E-state index contributed by atoms with van der Waals surface area (Å²) in [4.78, 5) is 15.8. The molecular weight excluding hydrogens is 310 g/mol. The Morgan fingerprint density at radius 1 is 1.12 bits per heavy atom. The summed E-state index contributed by atoms with van der Waals surface area (Å²) in [5.74, 6) is 1.61. The Balaban J connectivity index is 1.54. The van der Waals surface area contributed by atoms with Crippen LogP contribution in [0.5, 0.6) is 0 Å². The van der Waals surface area contributed by atoms with Crippen molar-refractivity contribution in [2.24, 2.45) is 0 Å². The van der Waals surface area contributed by atoms with Gasteiger partial charge in [-0.25, -0.2) is 4.98 Å². The molecule has 5 nitrogen and oxygen atoms in total. The zero-order valence-electron chi connectivity index (χ0n) is 14.5. The number of piperidine rings is 1. The minimum atomic E-state index is 0.444. The third kappa shape index (κ3) is 3.40. The van der Waals surface area contributed by atoms with E-state index in [-0.39, 0.29) is 0 Å². The van der Waals surface area contributed by atoms with E-state index < -0.39 is 0 Å². The van der Waals surface area contributed by atoms with Crippen LogP contribution >= 0.6 is 0 Å². The van der Waals surface area contributed by atoms with Gasteiger partial charge in [0.15, 0.2) is 0 Å². The van der Waals surface area contributed by atoms with Crippen molar-refractivity contribution in [2.45, 2.75) is 32.2 Å². The van der Waals surface area contributed by atoms with Crippen LogP contribution in [0.1, 0.15) is 35.8 Å². The maximum absolute atomic E-state index is 4.68. The molecule has 5 heteroatoms. The van der Waals surface area contributed by atoms with Crippen molar-refractivity contribution >= 4 is 5.69 Å². The first-order valence-electron chi connectivity index (χ1n) is 8.88. The van der Waals surface area contributed by atoms with Crippen molar-refractivity contribution in [1.29, 1.82) is 0 Å². The topological polar surface area (TPSA) is 46.8 Å². The molecule has 4 rings (SSSR count). The van der Waals surface area contributed by atoms with Crippen LogP contribution in [0.2, 0.25) is 0 Å². The summed E-state index contributed by atoms with van der Waals surface area (Å²) in [6, 6.07) is 8.18. The minimum Gasteiger partial charge on any atom is -0.370 e. The molecule has 1 aliphatic rings. The zero-order chi connectivity index (χ0) is 17.1. The number of anilines is 1. The van der Waals surface area contributed by atoms with Crippen LogP contribution < -0.4 is 4.90 Å². The van der Waals surface area contributed by atoms with Crippen molar-refractivity contribution in [2.75, 3.05) is 18.0 Å². The Kier molecular flexibility index (Phi) is 4.46. The predicted octanol–water partition coefficient (Wildman–Crippen LogP) is 3.41. The number of imidazole rings is 1. The first kappa shape index (κ1) is 15.8. The largest absolute Gasteiger partial charge is 0.370 e. The van der Waals surface area contributed by atoms with Gasteiger partial charge in [-0.2, -0.15) is 0 Å². The molecule has 1 aliphatic heterocycles. The van der Waals surface area contributed by atoms with Crippen LogP contribution in [-0.2, 0) is 6.54 Å². The van der Waals surface area contributed by atoms with E-state index in [1.807, 2.05) is 36.9 Å². The third-order valence-electron chi connectivity index (χ3n) is 4.92. The lowest BCUT2D eigenvalue weighted by Gasteiger charge is -2.35. The molecule has 1 atom stereocenters. The fraction of sp³-hybridized carbons (Fsp3) is 0.350. The van der Waals surface area contributed by atoms with Gasteiger partial charge in [-0.05, 0) is 43.5 Å². The number of rotatable bonds is 4. The van der Waals surface area contributed by atoms with Gasteiger partial charge in [-0.3, -0.25) is 9.97 Å². The lowest BCUT2D eigenvalue weighted by Crippen LogP contribution is -2.35. The smallest absolute Gasteiger partial charge is 0.113 e. The van der Waals surface area contributed by atoms with Crippen molar-refractivity contribution in [3.05, 3.63) is 72.3 Å². The maximum Gasteiger partial charge on any atom is 0.113 e. The van der Waals surface area contributed by atoms with E-state index in [4.69, 9.17) is 0 Å². The molecule has 0 bridgehead atoms. The molecule has 3 aromatic rings. The number of aromatic nitrogens is 4. The van der Waals surface area contributed by atoms with Gasteiger partial charge < -0.3 is 9.47 Å². The minimum absolute atomic E-state index is 0.444. The molecule has 1 unspecified atom stereocenters. The van der Waals surface area contributed by atoms with Crippen LogP contribution in [0, 0.1) is 6.92 Å². The number of aryl methyl sites for hydroxylation is 1. The fourth-order valence-electron chi connectivity index (χ4n) is 3.71. The molecule has 128 valence electrons. The van der Waals surface area contributed by atoms with Crippen molar-refractivity contribution in [3.63, 3.8) is 0 Å². The van der Waals surface area contributed by atoms with Gasteiger partial charge in [-0.15, -0.1) is 0 Å². The second kappa shape index (κ2) is 7.05. The Morgan fingerprint density at radius 3 is 2.92 bits per heavy atom. The molecule has 25 heavy (non-hydrogen) atoms. The lowest BCUT2D eigenvalue weighted by atomic mass is 9.96. The maximum atomic E-state index is 4.68. The standard InChI is InChI=1S/C20H23N5/c1-16-13-21-9-7-19(16)24-11-4-5-17(14-24)20-23-10-12-25(20)15-18-6-2-3-8-22-18/h2-3,6-10,12-13,17H,4-5,11,14-15H2,1H3. The van der Waals surface area contributed by atoms with Gasteiger partial charge >= 0.3 is 0 Å². The van der Waals surface area contributed by atoms with Gasteiger partial charge in [-0.1, -0.05) is 6.07 Å². The molecule has 0 saturated carbocycles. The average Bonchev–Trinajstić information content (AvgIpc) is 3.11. The number of nitrogens with zero attached hydrogens (tertiary/aromatic N) is 5. The molecule has 0 aromatic carbocycles. The molecular formula is C20H23N5. The van der Waals surface area contributed by atoms with Crippen molar-refractivity contribution in [1.82, 2.24) is 19.5 Å². The Morgan fingerprint density at radius 2 is 2.08 bits per heavy atom. The Hall–Kier alpha value is -2.69. The van der Waals surface area contributed by atoms with Crippen molar-refractivity contribution < 1.29 is 0 Å².